The zero-order valence-corrected chi connectivity index (χ0v) is 15.5. The maximum absolute atomic E-state index is 12.3. The summed E-state index contributed by atoms with van der Waals surface area (Å²) in [5, 5.41) is 7.18. The summed E-state index contributed by atoms with van der Waals surface area (Å²) >= 11 is 3.25. The third-order valence-corrected chi connectivity index (χ3v) is 6.52. The SMILES string of the molecule is O=C(NC[C@H](c1cccs1)N1CCc2ccccc2C1)c1cccs1. The van der Waals surface area contributed by atoms with E-state index < -0.39 is 0 Å². The number of fused-ring (bicyclic) bond motifs is 1. The predicted molar refractivity (Wildman–Crippen MR) is 104 cm³/mol. The van der Waals surface area contributed by atoms with Crippen molar-refractivity contribution >= 4 is 28.6 Å². The van der Waals surface area contributed by atoms with E-state index in [0.29, 0.717) is 6.54 Å². The largest absolute Gasteiger partial charge is 0.349 e. The quantitative estimate of drug-likeness (QED) is 0.727. The summed E-state index contributed by atoms with van der Waals surface area (Å²) in [6, 6.07) is 16.9. The fourth-order valence-electron chi connectivity index (χ4n) is 3.36. The average molecular weight is 369 g/mol. The van der Waals surface area contributed by atoms with Gasteiger partial charge in [-0.05, 0) is 40.4 Å². The molecule has 0 spiro atoms. The van der Waals surface area contributed by atoms with Crippen LogP contribution in [0.15, 0.2) is 59.3 Å². The van der Waals surface area contributed by atoms with Crippen LogP contribution < -0.4 is 5.32 Å². The van der Waals surface area contributed by atoms with Crippen molar-refractivity contribution in [2.75, 3.05) is 13.1 Å². The fourth-order valence-corrected chi connectivity index (χ4v) is 4.86. The van der Waals surface area contributed by atoms with Crippen molar-refractivity contribution in [3.05, 3.63) is 80.2 Å². The lowest BCUT2D eigenvalue weighted by Gasteiger charge is -2.35. The van der Waals surface area contributed by atoms with Gasteiger partial charge >= 0.3 is 0 Å². The third kappa shape index (κ3) is 3.68. The number of rotatable bonds is 5. The minimum Gasteiger partial charge on any atom is -0.349 e. The Morgan fingerprint density at radius 1 is 1.04 bits per heavy atom. The van der Waals surface area contributed by atoms with Gasteiger partial charge in [0.25, 0.3) is 5.91 Å². The first kappa shape index (κ1) is 16.5. The molecule has 3 nitrogen and oxygen atoms in total. The van der Waals surface area contributed by atoms with E-state index in [-0.39, 0.29) is 11.9 Å². The molecule has 1 N–H and O–H groups in total. The lowest BCUT2D eigenvalue weighted by Crippen LogP contribution is -2.40. The van der Waals surface area contributed by atoms with Gasteiger partial charge in [0.05, 0.1) is 10.9 Å². The van der Waals surface area contributed by atoms with Gasteiger partial charge in [-0.15, -0.1) is 22.7 Å². The molecule has 3 heterocycles. The van der Waals surface area contributed by atoms with E-state index in [4.69, 9.17) is 0 Å². The van der Waals surface area contributed by atoms with Gasteiger partial charge in [-0.2, -0.15) is 0 Å². The summed E-state index contributed by atoms with van der Waals surface area (Å²) in [4.78, 5) is 16.9. The highest BCUT2D eigenvalue weighted by Crippen LogP contribution is 2.30. The van der Waals surface area contributed by atoms with Gasteiger partial charge in [0.2, 0.25) is 0 Å². The summed E-state index contributed by atoms with van der Waals surface area (Å²) in [6.45, 7) is 2.60. The molecule has 4 rings (SSSR count). The van der Waals surface area contributed by atoms with Gasteiger partial charge in [0, 0.05) is 24.5 Å². The molecule has 0 aliphatic carbocycles. The second kappa shape index (κ2) is 7.52. The van der Waals surface area contributed by atoms with Crippen LogP contribution in [-0.4, -0.2) is 23.9 Å². The van der Waals surface area contributed by atoms with Gasteiger partial charge < -0.3 is 5.32 Å². The molecule has 3 aromatic rings. The van der Waals surface area contributed by atoms with Crippen molar-refractivity contribution in [3.63, 3.8) is 0 Å². The van der Waals surface area contributed by atoms with Crippen molar-refractivity contribution < 1.29 is 4.79 Å². The Hall–Kier alpha value is -1.95. The fraction of sp³-hybridized carbons (Fsp3) is 0.250. The lowest BCUT2D eigenvalue weighted by molar-refractivity contribution is 0.0933. The van der Waals surface area contributed by atoms with Crippen molar-refractivity contribution in [2.24, 2.45) is 0 Å². The summed E-state index contributed by atoms with van der Waals surface area (Å²) in [7, 11) is 0. The molecule has 1 amide bonds. The van der Waals surface area contributed by atoms with E-state index in [0.717, 1.165) is 24.4 Å². The van der Waals surface area contributed by atoms with E-state index in [1.165, 1.54) is 27.3 Å². The molecule has 1 aromatic carbocycles. The number of nitrogens with one attached hydrogen (secondary N) is 1. The first-order valence-electron chi connectivity index (χ1n) is 8.47. The molecule has 0 fully saturated rings. The van der Waals surface area contributed by atoms with Crippen LogP contribution in [0.4, 0.5) is 0 Å². The van der Waals surface area contributed by atoms with Crippen LogP contribution in [-0.2, 0) is 13.0 Å². The number of hydrogen-bond acceptors (Lipinski definition) is 4. The Kier molecular flexibility index (Phi) is 4.97. The van der Waals surface area contributed by atoms with Gasteiger partial charge in [0.15, 0.2) is 0 Å². The molecule has 5 heteroatoms. The molecular formula is C20H20N2OS2. The Bertz CT molecular complexity index is 827. The second-order valence-corrected chi connectivity index (χ2v) is 8.13. The molecule has 0 saturated carbocycles. The zero-order valence-electron chi connectivity index (χ0n) is 13.9. The van der Waals surface area contributed by atoms with Crippen LogP contribution in [0.3, 0.4) is 0 Å². The highest BCUT2D eigenvalue weighted by Gasteiger charge is 2.26. The third-order valence-electron chi connectivity index (χ3n) is 4.67. The molecule has 2 aromatic heterocycles. The maximum atomic E-state index is 12.3. The van der Waals surface area contributed by atoms with Crippen molar-refractivity contribution in [1.82, 2.24) is 10.2 Å². The highest BCUT2D eigenvalue weighted by atomic mass is 32.1. The molecule has 0 saturated heterocycles. The number of amides is 1. The number of thiophene rings is 2. The summed E-state index contributed by atoms with van der Waals surface area (Å²) in [5.74, 6) is 0.0222. The number of nitrogens with zero attached hydrogens (tertiary/aromatic N) is 1. The molecular weight excluding hydrogens is 348 g/mol. The van der Waals surface area contributed by atoms with E-state index >= 15 is 0 Å². The van der Waals surface area contributed by atoms with Crippen LogP contribution in [0.5, 0.6) is 0 Å². The average Bonchev–Trinajstić information content (AvgIpc) is 3.35. The lowest BCUT2D eigenvalue weighted by atomic mass is 9.98. The molecule has 0 bridgehead atoms. The first-order chi connectivity index (χ1) is 12.3. The minimum atomic E-state index is 0.0222. The minimum absolute atomic E-state index is 0.0222. The molecule has 1 aliphatic rings. The van der Waals surface area contributed by atoms with Crippen LogP contribution in [0.2, 0.25) is 0 Å². The molecule has 128 valence electrons. The van der Waals surface area contributed by atoms with Crippen molar-refractivity contribution in [2.45, 2.75) is 19.0 Å². The number of benzene rings is 1. The van der Waals surface area contributed by atoms with Gasteiger partial charge in [-0.3, -0.25) is 9.69 Å². The Labute approximate surface area is 155 Å². The monoisotopic (exact) mass is 368 g/mol. The van der Waals surface area contributed by atoms with Crippen LogP contribution in [0.1, 0.15) is 31.7 Å². The topological polar surface area (TPSA) is 32.3 Å². The summed E-state index contributed by atoms with van der Waals surface area (Å²) in [5.41, 5.74) is 2.85. The predicted octanol–water partition coefficient (Wildman–Crippen LogP) is 4.34. The van der Waals surface area contributed by atoms with E-state index in [1.807, 2.05) is 17.5 Å². The van der Waals surface area contributed by atoms with Crippen LogP contribution in [0, 0.1) is 0 Å². The number of carbonyl (C=O) groups is 1. The molecule has 0 unspecified atom stereocenters. The second-order valence-electron chi connectivity index (χ2n) is 6.21. The van der Waals surface area contributed by atoms with Crippen LogP contribution in [0.25, 0.3) is 0 Å². The van der Waals surface area contributed by atoms with E-state index in [9.17, 15) is 4.79 Å². The Morgan fingerprint density at radius 2 is 1.84 bits per heavy atom. The summed E-state index contributed by atoms with van der Waals surface area (Å²) < 4.78 is 0. The molecule has 25 heavy (non-hydrogen) atoms. The van der Waals surface area contributed by atoms with Gasteiger partial charge in [0.1, 0.15) is 0 Å². The standard InChI is InChI=1S/C20H20N2OS2/c23-20(19-8-4-12-25-19)21-13-17(18-7-3-11-24-18)22-10-9-15-5-1-2-6-16(15)14-22/h1-8,11-12,17H,9-10,13-14H2,(H,21,23)/t17-/m1/s1. The molecule has 1 aliphatic heterocycles. The zero-order chi connectivity index (χ0) is 17.1. The molecule has 0 radical (unpaired) electrons. The van der Waals surface area contributed by atoms with Gasteiger partial charge in [-0.25, -0.2) is 0 Å². The Morgan fingerprint density at radius 3 is 2.60 bits per heavy atom. The number of carbonyl (C=O) groups excluding carboxylic acids is 1. The normalized spacial score (nSPS) is 15.5. The summed E-state index contributed by atoms with van der Waals surface area (Å²) in [6.07, 6.45) is 1.07. The van der Waals surface area contributed by atoms with Crippen LogP contribution >= 0.6 is 22.7 Å². The Balaban J connectivity index is 1.50. The molecule has 1 atom stereocenters. The maximum Gasteiger partial charge on any atom is 0.261 e. The van der Waals surface area contributed by atoms with Crippen molar-refractivity contribution in [1.29, 1.82) is 0 Å². The van der Waals surface area contributed by atoms with Gasteiger partial charge in [-0.1, -0.05) is 36.4 Å². The number of hydrogen-bond donors (Lipinski definition) is 1. The van der Waals surface area contributed by atoms with E-state index in [1.54, 1.807) is 11.3 Å². The highest BCUT2D eigenvalue weighted by molar-refractivity contribution is 7.12. The first-order valence-corrected chi connectivity index (χ1v) is 10.2. The van der Waals surface area contributed by atoms with E-state index in [2.05, 4.69) is 52.0 Å². The van der Waals surface area contributed by atoms with Crippen molar-refractivity contribution in [3.8, 4) is 0 Å². The smallest absolute Gasteiger partial charge is 0.261 e.